The molecule has 1 unspecified atom stereocenters. The van der Waals surface area contributed by atoms with Gasteiger partial charge in [0, 0.05) is 23.3 Å². The van der Waals surface area contributed by atoms with E-state index in [0.29, 0.717) is 17.8 Å². The first-order valence-electron chi connectivity index (χ1n) is 9.76. The first-order chi connectivity index (χ1) is 14.9. The van der Waals surface area contributed by atoms with Crippen molar-refractivity contribution in [1.82, 2.24) is 9.97 Å². The second-order valence-corrected chi connectivity index (χ2v) is 9.71. The van der Waals surface area contributed by atoms with Crippen LogP contribution in [-0.2, 0) is 20.6 Å². The fourth-order valence-electron chi connectivity index (χ4n) is 2.77. The minimum Gasteiger partial charge on any atom is -0.325 e. The number of nitrogens with one attached hydrogen (secondary N) is 2. The zero-order valence-electron chi connectivity index (χ0n) is 17.3. The Bertz CT molecular complexity index is 1120. The summed E-state index contributed by atoms with van der Waals surface area (Å²) in [7, 11) is -3.83. The SMILES string of the molecule is CCC(SCc1ccccc1)C(=O)Nc1ccc(S(=O)(=O)Nc2nccc(C)n2)cc1. The standard InChI is InChI=1S/C22H24N4O3S2/c1-3-20(30-15-17-7-5-4-6-8-17)21(27)25-18-9-11-19(12-10-18)31(28,29)26-22-23-14-13-16(2)24-22/h4-14,20H,3,15H2,1-2H3,(H,25,27)(H,23,24,26). The van der Waals surface area contributed by atoms with Gasteiger partial charge in [0.1, 0.15) is 0 Å². The number of benzene rings is 2. The number of anilines is 2. The van der Waals surface area contributed by atoms with Crippen molar-refractivity contribution in [2.75, 3.05) is 10.0 Å². The van der Waals surface area contributed by atoms with Crippen LogP contribution in [-0.4, -0.2) is 29.5 Å². The minimum absolute atomic E-state index is 0.0126. The van der Waals surface area contributed by atoms with Crippen LogP contribution in [0.3, 0.4) is 0 Å². The van der Waals surface area contributed by atoms with E-state index in [4.69, 9.17) is 0 Å². The number of thioether (sulfide) groups is 1. The molecule has 0 aliphatic heterocycles. The largest absolute Gasteiger partial charge is 0.325 e. The number of aromatic nitrogens is 2. The average molecular weight is 457 g/mol. The summed E-state index contributed by atoms with van der Waals surface area (Å²) in [5.74, 6) is 0.653. The number of hydrogen-bond acceptors (Lipinski definition) is 6. The molecule has 3 rings (SSSR count). The normalized spacial score (nSPS) is 12.2. The van der Waals surface area contributed by atoms with Gasteiger partial charge in [-0.1, -0.05) is 37.3 Å². The van der Waals surface area contributed by atoms with Gasteiger partial charge in [-0.25, -0.2) is 23.1 Å². The lowest BCUT2D eigenvalue weighted by Crippen LogP contribution is -2.24. The van der Waals surface area contributed by atoms with Crippen molar-refractivity contribution in [1.29, 1.82) is 0 Å². The van der Waals surface area contributed by atoms with Gasteiger partial charge in [0.05, 0.1) is 10.1 Å². The van der Waals surface area contributed by atoms with E-state index in [1.807, 2.05) is 37.3 Å². The number of carbonyl (C=O) groups excluding carboxylic acids is 1. The third-order valence-electron chi connectivity index (χ3n) is 4.41. The molecule has 1 aromatic heterocycles. The molecule has 7 nitrogen and oxygen atoms in total. The highest BCUT2D eigenvalue weighted by atomic mass is 32.2. The first-order valence-corrected chi connectivity index (χ1v) is 12.3. The highest BCUT2D eigenvalue weighted by Crippen LogP contribution is 2.23. The number of sulfonamides is 1. The smallest absolute Gasteiger partial charge is 0.264 e. The molecule has 0 aliphatic carbocycles. The number of nitrogens with zero attached hydrogens (tertiary/aromatic N) is 2. The fourth-order valence-corrected chi connectivity index (χ4v) is 4.75. The lowest BCUT2D eigenvalue weighted by Gasteiger charge is -2.15. The van der Waals surface area contributed by atoms with E-state index < -0.39 is 10.0 Å². The summed E-state index contributed by atoms with van der Waals surface area (Å²) in [6, 6.07) is 17.7. The average Bonchev–Trinajstić information content (AvgIpc) is 2.75. The molecule has 0 spiro atoms. The molecule has 2 N–H and O–H groups in total. The molecule has 1 amide bonds. The molecular weight excluding hydrogens is 432 g/mol. The summed E-state index contributed by atoms with van der Waals surface area (Å²) >= 11 is 1.58. The predicted molar refractivity (Wildman–Crippen MR) is 124 cm³/mol. The van der Waals surface area contributed by atoms with Crippen LogP contribution in [0.15, 0.2) is 71.8 Å². The van der Waals surface area contributed by atoms with E-state index in [9.17, 15) is 13.2 Å². The lowest BCUT2D eigenvalue weighted by molar-refractivity contribution is -0.115. The van der Waals surface area contributed by atoms with Gasteiger partial charge in [0.15, 0.2) is 0 Å². The Balaban J connectivity index is 1.61. The van der Waals surface area contributed by atoms with Crippen LogP contribution in [0.2, 0.25) is 0 Å². The molecule has 2 aromatic carbocycles. The highest BCUT2D eigenvalue weighted by Gasteiger charge is 2.19. The summed E-state index contributed by atoms with van der Waals surface area (Å²) in [5.41, 5.74) is 2.36. The van der Waals surface area contributed by atoms with Gasteiger partial charge >= 0.3 is 0 Å². The molecule has 31 heavy (non-hydrogen) atoms. The van der Waals surface area contributed by atoms with Gasteiger partial charge in [-0.05, 0) is 49.2 Å². The Kier molecular flexibility index (Phi) is 7.64. The van der Waals surface area contributed by atoms with Gasteiger partial charge in [-0.2, -0.15) is 0 Å². The van der Waals surface area contributed by atoms with Crippen LogP contribution >= 0.6 is 11.8 Å². The van der Waals surface area contributed by atoms with E-state index >= 15 is 0 Å². The van der Waals surface area contributed by atoms with Crippen molar-refractivity contribution in [2.24, 2.45) is 0 Å². The molecule has 1 heterocycles. The summed E-state index contributed by atoms with van der Waals surface area (Å²) < 4.78 is 27.4. The third kappa shape index (κ3) is 6.53. The number of rotatable bonds is 9. The molecule has 3 aromatic rings. The van der Waals surface area contributed by atoms with Crippen molar-refractivity contribution in [3.05, 3.63) is 78.1 Å². The monoisotopic (exact) mass is 456 g/mol. The van der Waals surface area contributed by atoms with E-state index in [1.165, 1.54) is 23.9 Å². The van der Waals surface area contributed by atoms with Gasteiger partial charge < -0.3 is 5.32 Å². The molecule has 0 aliphatic rings. The van der Waals surface area contributed by atoms with Gasteiger partial charge in [0.2, 0.25) is 11.9 Å². The maximum absolute atomic E-state index is 12.6. The molecule has 0 fully saturated rings. The van der Waals surface area contributed by atoms with Crippen molar-refractivity contribution in [2.45, 2.75) is 36.2 Å². The van der Waals surface area contributed by atoms with Crippen molar-refractivity contribution in [3.63, 3.8) is 0 Å². The zero-order valence-corrected chi connectivity index (χ0v) is 18.9. The third-order valence-corrected chi connectivity index (χ3v) is 7.20. The van der Waals surface area contributed by atoms with Crippen molar-refractivity contribution in [3.8, 4) is 0 Å². The molecule has 9 heteroatoms. The summed E-state index contributed by atoms with van der Waals surface area (Å²) in [5, 5.41) is 2.66. The number of carbonyl (C=O) groups is 1. The van der Waals surface area contributed by atoms with Gasteiger partial charge in [-0.15, -0.1) is 11.8 Å². The molecule has 1 atom stereocenters. The number of hydrogen-bond donors (Lipinski definition) is 2. The van der Waals surface area contributed by atoms with Crippen LogP contribution in [0.4, 0.5) is 11.6 Å². The van der Waals surface area contributed by atoms with Crippen molar-refractivity contribution < 1.29 is 13.2 Å². The Morgan fingerprint density at radius 2 is 1.77 bits per heavy atom. The maximum atomic E-state index is 12.6. The van der Waals surface area contributed by atoms with Gasteiger partial charge in [0.25, 0.3) is 10.0 Å². The summed E-state index contributed by atoms with van der Waals surface area (Å²) in [6.07, 6.45) is 2.18. The van der Waals surface area contributed by atoms with Crippen LogP contribution in [0.5, 0.6) is 0 Å². The number of aryl methyl sites for hydroxylation is 1. The second-order valence-electron chi connectivity index (χ2n) is 6.83. The maximum Gasteiger partial charge on any atom is 0.264 e. The molecule has 0 radical (unpaired) electrons. The molecule has 162 valence electrons. The molecule has 0 saturated carbocycles. The van der Waals surface area contributed by atoms with Crippen molar-refractivity contribution >= 4 is 39.3 Å². The van der Waals surface area contributed by atoms with Crippen LogP contribution in [0.25, 0.3) is 0 Å². The van der Waals surface area contributed by atoms with E-state index in [2.05, 4.69) is 20.0 Å². The van der Waals surface area contributed by atoms with E-state index in [-0.39, 0.29) is 22.0 Å². The van der Waals surface area contributed by atoms with Crippen LogP contribution in [0, 0.1) is 6.92 Å². The predicted octanol–water partition coefficient (Wildman–Crippen LogP) is 4.24. The quantitative estimate of drug-likeness (QED) is 0.500. The van der Waals surface area contributed by atoms with E-state index in [0.717, 1.165) is 5.75 Å². The highest BCUT2D eigenvalue weighted by molar-refractivity contribution is 7.99. The first kappa shape index (κ1) is 22.8. The zero-order chi connectivity index (χ0) is 22.3. The van der Waals surface area contributed by atoms with E-state index in [1.54, 1.807) is 36.9 Å². The number of amides is 1. The summed E-state index contributed by atoms with van der Waals surface area (Å²) in [6.45, 7) is 3.72. The molecular formula is C22H24N4O3S2. The molecule has 0 bridgehead atoms. The van der Waals surface area contributed by atoms with Crippen LogP contribution in [0.1, 0.15) is 24.6 Å². The molecule has 0 saturated heterocycles. The Hall–Kier alpha value is -2.91. The summed E-state index contributed by atoms with van der Waals surface area (Å²) in [4.78, 5) is 20.7. The fraction of sp³-hybridized carbons (Fsp3) is 0.227. The Labute approximate surface area is 186 Å². The second kappa shape index (κ2) is 10.4. The lowest BCUT2D eigenvalue weighted by atomic mass is 10.2. The minimum atomic E-state index is -3.83. The van der Waals surface area contributed by atoms with Gasteiger partial charge in [-0.3, -0.25) is 4.79 Å². The Morgan fingerprint density at radius 1 is 1.06 bits per heavy atom. The van der Waals surface area contributed by atoms with Crippen LogP contribution < -0.4 is 10.0 Å². The topological polar surface area (TPSA) is 101 Å². The Morgan fingerprint density at radius 3 is 2.42 bits per heavy atom.